The summed E-state index contributed by atoms with van der Waals surface area (Å²) in [6.07, 6.45) is 0. The van der Waals surface area contributed by atoms with Crippen LogP contribution >= 0.6 is 0 Å². The van der Waals surface area contributed by atoms with Crippen molar-refractivity contribution in [2.75, 3.05) is 46.9 Å². The fourth-order valence-corrected chi connectivity index (χ4v) is 2.82. The van der Waals surface area contributed by atoms with Gasteiger partial charge in [0.05, 0.1) is 13.7 Å². The molecule has 0 spiro atoms. The largest absolute Gasteiger partial charge is 0.496 e. The van der Waals surface area contributed by atoms with Crippen LogP contribution in [0.15, 0.2) is 29.3 Å². The summed E-state index contributed by atoms with van der Waals surface area (Å²) < 4.78 is 5.45. The van der Waals surface area contributed by atoms with Crippen molar-refractivity contribution in [2.24, 2.45) is 4.99 Å². The van der Waals surface area contributed by atoms with E-state index in [1.165, 1.54) is 0 Å². The van der Waals surface area contributed by atoms with Crippen LogP contribution in [-0.4, -0.2) is 68.5 Å². The number of ether oxygens (including phenoxy) is 1. The van der Waals surface area contributed by atoms with Crippen LogP contribution in [0, 0.1) is 0 Å². The number of guanidine groups is 1. The molecule has 26 heavy (non-hydrogen) atoms. The highest BCUT2D eigenvalue weighted by molar-refractivity contribution is 5.86. The van der Waals surface area contributed by atoms with Gasteiger partial charge < -0.3 is 19.9 Å². The Morgan fingerprint density at radius 1 is 1.23 bits per heavy atom. The van der Waals surface area contributed by atoms with Gasteiger partial charge in [-0.05, 0) is 32.4 Å². The first kappa shape index (κ1) is 21.8. The summed E-state index contributed by atoms with van der Waals surface area (Å²) in [7, 11) is 3.59. The first-order valence-electron chi connectivity index (χ1n) is 9.38. The van der Waals surface area contributed by atoms with Gasteiger partial charge in [0.1, 0.15) is 5.75 Å². The molecule has 1 aromatic carbocycles. The number of hydrogen-bond donors (Lipinski definition) is 1. The second kappa shape index (κ2) is 11.4. The van der Waals surface area contributed by atoms with E-state index in [0.29, 0.717) is 13.1 Å². The van der Waals surface area contributed by atoms with Crippen LogP contribution in [0.2, 0.25) is 0 Å². The van der Waals surface area contributed by atoms with Crippen molar-refractivity contribution in [2.45, 2.75) is 33.6 Å². The molecule has 0 heterocycles. The van der Waals surface area contributed by atoms with Crippen molar-refractivity contribution < 1.29 is 9.53 Å². The van der Waals surface area contributed by atoms with Crippen molar-refractivity contribution >= 4 is 11.9 Å². The number of nitrogens with one attached hydrogen (secondary N) is 1. The number of likely N-dealkylation sites (N-methyl/N-ethyl adjacent to an activating group) is 2. The quantitative estimate of drug-likeness (QED) is 0.542. The van der Waals surface area contributed by atoms with Gasteiger partial charge in [0.15, 0.2) is 5.96 Å². The van der Waals surface area contributed by atoms with E-state index in [0.717, 1.165) is 36.9 Å². The van der Waals surface area contributed by atoms with Crippen LogP contribution in [0.25, 0.3) is 0 Å². The topological polar surface area (TPSA) is 57.2 Å². The summed E-state index contributed by atoms with van der Waals surface area (Å²) in [4.78, 5) is 20.8. The molecule has 0 aliphatic carbocycles. The standard InChI is InChI=1S/C20H34N4O2/c1-7-21-20(23(5)15-19(25)24(8-2)9-3)22-14-16(4)17-12-10-11-13-18(17)26-6/h10-13,16H,7-9,14-15H2,1-6H3,(H,21,22). The Labute approximate surface area is 158 Å². The molecule has 6 nitrogen and oxygen atoms in total. The second-order valence-corrected chi connectivity index (χ2v) is 6.26. The van der Waals surface area contributed by atoms with Crippen LogP contribution in [0.5, 0.6) is 5.75 Å². The minimum absolute atomic E-state index is 0.112. The first-order chi connectivity index (χ1) is 12.5. The Kier molecular flexibility index (Phi) is 9.55. The Bertz CT molecular complexity index is 585. The van der Waals surface area contributed by atoms with Gasteiger partial charge in [0, 0.05) is 39.1 Å². The van der Waals surface area contributed by atoms with Gasteiger partial charge in [-0.15, -0.1) is 0 Å². The fraction of sp³-hybridized carbons (Fsp3) is 0.600. The zero-order valence-electron chi connectivity index (χ0n) is 17.1. The third-order valence-corrected chi connectivity index (χ3v) is 4.37. The van der Waals surface area contributed by atoms with Gasteiger partial charge in [-0.25, -0.2) is 0 Å². The van der Waals surface area contributed by atoms with Crippen LogP contribution in [0.4, 0.5) is 0 Å². The molecule has 6 heteroatoms. The molecular formula is C20H34N4O2. The van der Waals surface area contributed by atoms with Gasteiger partial charge in [0.25, 0.3) is 0 Å². The van der Waals surface area contributed by atoms with E-state index in [1.54, 1.807) is 7.11 Å². The summed E-state index contributed by atoms with van der Waals surface area (Å²) in [5, 5.41) is 3.27. The van der Waals surface area contributed by atoms with Crippen LogP contribution in [-0.2, 0) is 4.79 Å². The number of methoxy groups -OCH3 is 1. The molecule has 1 aromatic rings. The van der Waals surface area contributed by atoms with E-state index >= 15 is 0 Å². The molecule has 146 valence electrons. The van der Waals surface area contributed by atoms with Gasteiger partial charge in [-0.1, -0.05) is 25.1 Å². The normalized spacial score (nSPS) is 12.5. The van der Waals surface area contributed by atoms with Crippen LogP contribution in [0.1, 0.15) is 39.2 Å². The number of carbonyl (C=O) groups is 1. The van der Waals surface area contributed by atoms with Crippen molar-refractivity contribution in [1.82, 2.24) is 15.1 Å². The molecule has 0 saturated carbocycles. The molecule has 0 bridgehead atoms. The fourth-order valence-electron chi connectivity index (χ4n) is 2.82. The zero-order valence-corrected chi connectivity index (χ0v) is 17.1. The van der Waals surface area contributed by atoms with Gasteiger partial charge >= 0.3 is 0 Å². The van der Waals surface area contributed by atoms with E-state index in [-0.39, 0.29) is 11.8 Å². The summed E-state index contributed by atoms with van der Waals surface area (Å²) in [6, 6.07) is 8.02. The Morgan fingerprint density at radius 2 is 1.88 bits per heavy atom. The Balaban J connectivity index is 2.83. The summed E-state index contributed by atoms with van der Waals surface area (Å²) in [5.41, 5.74) is 1.14. The van der Waals surface area contributed by atoms with Crippen molar-refractivity contribution in [3.8, 4) is 5.75 Å². The Hall–Kier alpha value is -2.24. The maximum absolute atomic E-state index is 12.4. The lowest BCUT2D eigenvalue weighted by molar-refractivity contribution is -0.131. The number of para-hydroxylation sites is 1. The third-order valence-electron chi connectivity index (χ3n) is 4.37. The van der Waals surface area contributed by atoms with E-state index in [2.05, 4.69) is 18.3 Å². The second-order valence-electron chi connectivity index (χ2n) is 6.26. The zero-order chi connectivity index (χ0) is 19.5. The number of rotatable bonds is 9. The maximum Gasteiger partial charge on any atom is 0.242 e. The third kappa shape index (κ3) is 6.24. The van der Waals surface area contributed by atoms with E-state index in [4.69, 9.17) is 9.73 Å². The van der Waals surface area contributed by atoms with Gasteiger partial charge in [-0.3, -0.25) is 9.79 Å². The summed E-state index contributed by atoms with van der Waals surface area (Å²) in [6.45, 7) is 11.3. The highest BCUT2D eigenvalue weighted by Gasteiger charge is 2.16. The molecular weight excluding hydrogens is 328 g/mol. The van der Waals surface area contributed by atoms with E-state index < -0.39 is 0 Å². The molecule has 1 amide bonds. The highest BCUT2D eigenvalue weighted by Crippen LogP contribution is 2.26. The Morgan fingerprint density at radius 3 is 2.46 bits per heavy atom. The molecule has 1 atom stereocenters. The minimum atomic E-state index is 0.112. The first-order valence-corrected chi connectivity index (χ1v) is 9.38. The number of benzene rings is 1. The van der Waals surface area contributed by atoms with Crippen LogP contribution < -0.4 is 10.1 Å². The van der Waals surface area contributed by atoms with Crippen molar-refractivity contribution in [3.63, 3.8) is 0 Å². The van der Waals surface area contributed by atoms with Gasteiger partial charge in [-0.2, -0.15) is 0 Å². The average Bonchev–Trinajstić information content (AvgIpc) is 2.65. The lowest BCUT2D eigenvalue weighted by atomic mass is 10.0. The van der Waals surface area contributed by atoms with Crippen molar-refractivity contribution in [1.29, 1.82) is 0 Å². The van der Waals surface area contributed by atoms with E-state index in [9.17, 15) is 4.79 Å². The number of nitrogens with zero attached hydrogens (tertiary/aromatic N) is 3. The molecule has 0 saturated heterocycles. The molecule has 0 aliphatic heterocycles. The monoisotopic (exact) mass is 362 g/mol. The number of aliphatic imine (C=N–C) groups is 1. The smallest absolute Gasteiger partial charge is 0.242 e. The average molecular weight is 363 g/mol. The maximum atomic E-state index is 12.4. The number of amides is 1. The molecule has 0 aliphatic rings. The molecule has 0 fully saturated rings. The lowest BCUT2D eigenvalue weighted by Gasteiger charge is -2.26. The molecule has 0 radical (unpaired) electrons. The number of carbonyl (C=O) groups excluding carboxylic acids is 1. The predicted octanol–water partition coefficient (Wildman–Crippen LogP) is 2.56. The molecule has 0 aromatic heterocycles. The van der Waals surface area contributed by atoms with Crippen LogP contribution in [0.3, 0.4) is 0 Å². The molecule has 1 N–H and O–H groups in total. The van der Waals surface area contributed by atoms with Gasteiger partial charge in [0.2, 0.25) is 5.91 Å². The summed E-state index contributed by atoms with van der Waals surface area (Å²) in [5.74, 6) is 1.95. The highest BCUT2D eigenvalue weighted by atomic mass is 16.5. The SMILES string of the molecule is CCNC(=NCC(C)c1ccccc1OC)N(C)CC(=O)N(CC)CC. The van der Waals surface area contributed by atoms with Crippen molar-refractivity contribution in [3.05, 3.63) is 29.8 Å². The molecule has 1 unspecified atom stereocenters. The lowest BCUT2D eigenvalue weighted by Crippen LogP contribution is -2.45. The molecule has 1 rings (SSSR count). The summed E-state index contributed by atoms with van der Waals surface area (Å²) >= 11 is 0. The predicted molar refractivity (Wildman–Crippen MR) is 108 cm³/mol. The van der Waals surface area contributed by atoms with E-state index in [1.807, 2.05) is 55.8 Å². The minimum Gasteiger partial charge on any atom is -0.496 e. The number of hydrogen-bond acceptors (Lipinski definition) is 3.